The van der Waals surface area contributed by atoms with E-state index in [-0.39, 0.29) is 11.4 Å². The molecule has 0 saturated carbocycles. The van der Waals surface area contributed by atoms with Crippen LogP contribution in [0.15, 0.2) is 29.7 Å². The highest BCUT2D eigenvalue weighted by atomic mass is 32.2. The highest BCUT2D eigenvalue weighted by Gasteiger charge is 2.23. The fraction of sp³-hybridized carbons (Fsp3) is 0.167. The van der Waals surface area contributed by atoms with Crippen LogP contribution in [-0.2, 0) is 9.84 Å². The fourth-order valence-corrected chi connectivity index (χ4v) is 3.00. The Morgan fingerprint density at radius 3 is 2.62 bits per heavy atom. The molecule has 0 spiro atoms. The number of anilines is 1. The molecule has 0 bridgehead atoms. The molecule has 2 rings (SSSR count). The minimum absolute atomic E-state index is 0.0798. The van der Waals surface area contributed by atoms with E-state index in [1.54, 1.807) is 0 Å². The first-order chi connectivity index (χ1) is 9.77. The Bertz CT molecular complexity index is 729. The summed E-state index contributed by atoms with van der Waals surface area (Å²) in [5.41, 5.74) is -0.493. The second kappa shape index (κ2) is 5.52. The molecule has 0 fully saturated rings. The van der Waals surface area contributed by atoms with Gasteiger partial charge in [0.1, 0.15) is 5.82 Å². The molecule has 112 valence electrons. The summed E-state index contributed by atoms with van der Waals surface area (Å²) in [7, 11) is -3.29. The molecule has 0 radical (unpaired) electrons. The molecule has 2 amide bonds. The Labute approximate surface area is 119 Å². The molecule has 9 heteroatoms. The van der Waals surface area contributed by atoms with Crippen LogP contribution >= 0.6 is 0 Å². The van der Waals surface area contributed by atoms with Crippen molar-refractivity contribution in [3.8, 4) is 0 Å². The van der Waals surface area contributed by atoms with Gasteiger partial charge in [0.05, 0.1) is 17.4 Å². The van der Waals surface area contributed by atoms with Crippen LogP contribution in [0.2, 0.25) is 0 Å². The minimum Gasteiger partial charge on any atom is -0.478 e. The first-order valence-corrected chi connectivity index (χ1v) is 7.50. The van der Waals surface area contributed by atoms with Crippen molar-refractivity contribution in [2.75, 3.05) is 11.1 Å². The second-order valence-corrected chi connectivity index (χ2v) is 6.29. The molecule has 1 aromatic rings. The van der Waals surface area contributed by atoms with Crippen molar-refractivity contribution in [1.29, 1.82) is 0 Å². The first-order valence-electron chi connectivity index (χ1n) is 5.78. The molecule has 1 heterocycles. The number of amides is 2. The second-order valence-electron chi connectivity index (χ2n) is 4.36. The van der Waals surface area contributed by atoms with E-state index in [0.29, 0.717) is 0 Å². The van der Waals surface area contributed by atoms with Gasteiger partial charge in [0, 0.05) is 11.1 Å². The van der Waals surface area contributed by atoms with E-state index in [9.17, 15) is 22.4 Å². The van der Waals surface area contributed by atoms with E-state index >= 15 is 0 Å². The smallest absolute Gasteiger partial charge is 0.338 e. The molecule has 0 saturated heterocycles. The number of aromatic carboxylic acids is 1. The standard InChI is InChI=1S/C12H11FN2O5S/c13-10-2-1-7(5-9(10)11(16)17)14-12(18)15-8-3-4-21(19,20)6-8/h1-5,8H,6H2,(H,16,17)(H2,14,15,18). The molecule has 7 nitrogen and oxygen atoms in total. The van der Waals surface area contributed by atoms with Crippen molar-refractivity contribution in [2.24, 2.45) is 0 Å². The summed E-state index contributed by atoms with van der Waals surface area (Å²) in [5.74, 6) is -2.61. The van der Waals surface area contributed by atoms with Crippen molar-refractivity contribution in [3.63, 3.8) is 0 Å². The average Bonchev–Trinajstić information content (AvgIpc) is 2.70. The summed E-state index contributed by atoms with van der Waals surface area (Å²) in [4.78, 5) is 22.4. The third-order valence-corrected chi connectivity index (χ3v) is 4.10. The summed E-state index contributed by atoms with van der Waals surface area (Å²) in [6.45, 7) is 0. The summed E-state index contributed by atoms with van der Waals surface area (Å²) in [5, 5.41) is 14.5. The highest BCUT2D eigenvalue weighted by molar-refractivity contribution is 7.94. The maximum absolute atomic E-state index is 13.2. The van der Waals surface area contributed by atoms with Gasteiger partial charge in [-0.05, 0) is 24.3 Å². The Hall–Kier alpha value is -2.42. The van der Waals surface area contributed by atoms with Gasteiger partial charge in [-0.1, -0.05) is 0 Å². The molecule has 0 aromatic heterocycles. The molecule has 0 aliphatic carbocycles. The van der Waals surface area contributed by atoms with Crippen molar-refractivity contribution in [2.45, 2.75) is 6.04 Å². The van der Waals surface area contributed by atoms with E-state index in [4.69, 9.17) is 5.11 Å². The van der Waals surface area contributed by atoms with Crippen molar-refractivity contribution in [3.05, 3.63) is 41.1 Å². The van der Waals surface area contributed by atoms with E-state index in [1.807, 2.05) is 0 Å². The zero-order valence-corrected chi connectivity index (χ0v) is 11.4. The van der Waals surface area contributed by atoms with E-state index in [0.717, 1.165) is 17.5 Å². The van der Waals surface area contributed by atoms with Gasteiger partial charge in [-0.25, -0.2) is 22.4 Å². The van der Waals surface area contributed by atoms with Gasteiger partial charge >= 0.3 is 12.0 Å². The number of rotatable bonds is 3. The van der Waals surface area contributed by atoms with Crippen LogP contribution in [0.4, 0.5) is 14.9 Å². The molecule has 1 aliphatic heterocycles. The fourth-order valence-electron chi connectivity index (χ4n) is 1.77. The maximum Gasteiger partial charge on any atom is 0.338 e. The van der Waals surface area contributed by atoms with Crippen LogP contribution in [-0.4, -0.2) is 37.3 Å². The zero-order chi connectivity index (χ0) is 15.6. The van der Waals surface area contributed by atoms with Gasteiger partial charge in [-0.2, -0.15) is 0 Å². The van der Waals surface area contributed by atoms with Crippen molar-refractivity contribution in [1.82, 2.24) is 5.32 Å². The van der Waals surface area contributed by atoms with Gasteiger partial charge in [-0.3, -0.25) is 0 Å². The highest BCUT2D eigenvalue weighted by Crippen LogP contribution is 2.15. The van der Waals surface area contributed by atoms with Crippen LogP contribution in [0.3, 0.4) is 0 Å². The number of benzene rings is 1. The Morgan fingerprint density at radius 2 is 2.05 bits per heavy atom. The summed E-state index contributed by atoms with van der Waals surface area (Å²) in [6, 6.07) is 1.71. The Balaban J connectivity index is 2.02. The van der Waals surface area contributed by atoms with Gasteiger partial charge in [0.15, 0.2) is 9.84 Å². The SMILES string of the molecule is O=C(Nc1ccc(F)c(C(=O)O)c1)NC1C=CS(=O)(=O)C1. The van der Waals surface area contributed by atoms with Gasteiger partial charge in [-0.15, -0.1) is 0 Å². The van der Waals surface area contributed by atoms with E-state index in [1.165, 1.54) is 12.1 Å². The number of carbonyl (C=O) groups excluding carboxylic acids is 1. The van der Waals surface area contributed by atoms with Gasteiger partial charge in [0.2, 0.25) is 0 Å². The number of halogens is 1. The Kier molecular flexibility index (Phi) is 3.94. The molecule has 21 heavy (non-hydrogen) atoms. The normalized spacial score (nSPS) is 19.2. The first kappa shape index (κ1) is 15.0. The molecule has 3 N–H and O–H groups in total. The predicted octanol–water partition coefficient (Wildman–Crippen LogP) is 0.956. The van der Waals surface area contributed by atoms with Crippen molar-refractivity contribution >= 4 is 27.5 Å². The topological polar surface area (TPSA) is 113 Å². The van der Waals surface area contributed by atoms with Crippen LogP contribution in [0, 0.1) is 5.82 Å². The molecular formula is C12H11FN2O5S. The lowest BCUT2D eigenvalue weighted by atomic mass is 10.2. The van der Waals surface area contributed by atoms with Crippen LogP contribution in [0.1, 0.15) is 10.4 Å². The summed E-state index contributed by atoms with van der Waals surface area (Å²) >= 11 is 0. The molecule has 1 aromatic carbocycles. The maximum atomic E-state index is 13.2. The minimum atomic E-state index is -3.29. The number of urea groups is 1. The lowest BCUT2D eigenvalue weighted by Gasteiger charge is -2.11. The third-order valence-electron chi connectivity index (χ3n) is 2.70. The Morgan fingerprint density at radius 1 is 1.33 bits per heavy atom. The quantitative estimate of drug-likeness (QED) is 0.769. The van der Waals surface area contributed by atoms with Gasteiger partial charge in [0.25, 0.3) is 0 Å². The lowest BCUT2D eigenvalue weighted by Crippen LogP contribution is -2.38. The largest absolute Gasteiger partial charge is 0.478 e. The van der Waals surface area contributed by atoms with Crippen LogP contribution in [0.25, 0.3) is 0 Å². The number of carboxylic acid groups (broad SMARTS) is 1. The summed E-state index contributed by atoms with van der Waals surface area (Å²) < 4.78 is 35.5. The lowest BCUT2D eigenvalue weighted by molar-refractivity contribution is 0.0692. The molecule has 1 unspecified atom stereocenters. The number of carboxylic acids is 1. The number of sulfone groups is 1. The van der Waals surface area contributed by atoms with Crippen LogP contribution in [0.5, 0.6) is 0 Å². The average molecular weight is 314 g/mol. The van der Waals surface area contributed by atoms with E-state index < -0.39 is 39.3 Å². The third kappa shape index (κ3) is 3.78. The predicted molar refractivity (Wildman–Crippen MR) is 72.2 cm³/mol. The zero-order valence-electron chi connectivity index (χ0n) is 10.5. The summed E-state index contributed by atoms with van der Waals surface area (Å²) in [6.07, 6.45) is 1.34. The molecule has 1 aliphatic rings. The number of hydrogen-bond donors (Lipinski definition) is 3. The molecular weight excluding hydrogens is 303 g/mol. The van der Waals surface area contributed by atoms with Crippen molar-refractivity contribution < 1.29 is 27.5 Å². The molecule has 1 atom stereocenters. The van der Waals surface area contributed by atoms with E-state index in [2.05, 4.69) is 10.6 Å². The monoisotopic (exact) mass is 314 g/mol. The number of hydrogen-bond acceptors (Lipinski definition) is 4. The van der Waals surface area contributed by atoms with Crippen LogP contribution < -0.4 is 10.6 Å². The number of carbonyl (C=O) groups is 2. The number of nitrogens with one attached hydrogen (secondary N) is 2. The van der Waals surface area contributed by atoms with Gasteiger partial charge < -0.3 is 15.7 Å².